The van der Waals surface area contributed by atoms with E-state index in [0.717, 1.165) is 21.6 Å². The van der Waals surface area contributed by atoms with Gasteiger partial charge in [-0.3, -0.25) is 0 Å². The third-order valence-corrected chi connectivity index (χ3v) is 4.48. The number of nitrogens with zero attached hydrogens (tertiary/aromatic N) is 1. The highest BCUT2D eigenvalue weighted by Gasteiger charge is 2.34. The van der Waals surface area contributed by atoms with E-state index >= 15 is 0 Å². The minimum absolute atomic E-state index is 0.0184. The van der Waals surface area contributed by atoms with Crippen molar-refractivity contribution in [3.8, 4) is 0 Å². The number of nitrogens with one attached hydrogen (secondary N) is 1. The number of aromatic nitrogens is 1. The lowest BCUT2D eigenvalue weighted by molar-refractivity contribution is -0.137. The molecule has 0 aliphatic heterocycles. The van der Waals surface area contributed by atoms with Crippen molar-refractivity contribution >= 4 is 28.6 Å². The first-order valence-corrected chi connectivity index (χ1v) is 7.45. The van der Waals surface area contributed by atoms with Crippen LogP contribution >= 0.6 is 22.9 Å². The number of benzene rings is 1. The Bertz CT molecular complexity index is 652. The molecule has 1 heterocycles. The normalized spacial score (nSPS) is 13.3. The average molecular weight is 335 g/mol. The monoisotopic (exact) mass is 334 g/mol. The molecule has 1 aromatic heterocycles. The van der Waals surface area contributed by atoms with Crippen molar-refractivity contribution in [3.05, 3.63) is 44.4 Å². The molecule has 0 spiro atoms. The van der Waals surface area contributed by atoms with Crippen molar-refractivity contribution in [1.29, 1.82) is 0 Å². The SMILES string of the molecule is Cc1nc(C)c(C(C)Nc2ccc(Cl)cc2C(F)(F)F)s1. The molecule has 0 amide bonds. The van der Waals surface area contributed by atoms with Crippen LogP contribution in [0.15, 0.2) is 18.2 Å². The molecule has 7 heteroatoms. The van der Waals surface area contributed by atoms with Crippen LogP contribution in [0.4, 0.5) is 18.9 Å². The lowest BCUT2D eigenvalue weighted by atomic mass is 10.1. The third-order valence-electron chi connectivity index (χ3n) is 2.99. The van der Waals surface area contributed by atoms with E-state index < -0.39 is 11.7 Å². The number of hydrogen-bond acceptors (Lipinski definition) is 3. The highest BCUT2D eigenvalue weighted by molar-refractivity contribution is 7.11. The highest BCUT2D eigenvalue weighted by Crippen LogP contribution is 2.38. The number of thiazole rings is 1. The summed E-state index contributed by atoms with van der Waals surface area (Å²) in [6.45, 7) is 5.54. The van der Waals surface area contributed by atoms with E-state index in [0.29, 0.717) is 0 Å². The lowest BCUT2D eigenvalue weighted by Gasteiger charge is -2.19. The van der Waals surface area contributed by atoms with E-state index in [1.54, 1.807) is 0 Å². The van der Waals surface area contributed by atoms with Gasteiger partial charge in [0.1, 0.15) is 0 Å². The van der Waals surface area contributed by atoms with Crippen LogP contribution in [0.1, 0.15) is 34.1 Å². The lowest BCUT2D eigenvalue weighted by Crippen LogP contribution is -2.13. The predicted octanol–water partition coefficient (Wildman–Crippen LogP) is 5.61. The van der Waals surface area contributed by atoms with Crippen LogP contribution in [0, 0.1) is 13.8 Å². The zero-order chi connectivity index (χ0) is 15.8. The summed E-state index contributed by atoms with van der Waals surface area (Å²) in [6.07, 6.45) is -4.45. The van der Waals surface area contributed by atoms with Crippen LogP contribution < -0.4 is 5.32 Å². The summed E-state index contributed by atoms with van der Waals surface area (Å²) in [5.74, 6) is 0. The summed E-state index contributed by atoms with van der Waals surface area (Å²) in [5.41, 5.74) is 0.0885. The molecular formula is C14H14ClF3N2S. The minimum atomic E-state index is -4.45. The van der Waals surface area contributed by atoms with Crippen molar-refractivity contribution in [2.24, 2.45) is 0 Å². The third kappa shape index (κ3) is 3.68. The van der Waals surface area contributed by atoms with Gasteiger partial charge in [-0.15, -0.1) is 11.3 Å². The fourth-order valence-electron chi connectivity index (χ4n) is 2.12. The van der Waals surface area contributed by atoms with Crippen LogP contribution in [-0.2, 0) is 6.18 Å². The quantitative estimate of drug-likeness (QED) is 0.789. The summed E-state index contributed by atoms with van der Waals surface area (Å²) in [7, 11) is 0. The van der Waals surface area contributed by atoms with E-state index in [1.165, 1.54) is 23.5 Å². The molecule has 2 rings (SSSR count). The molecule has 0 saturated carbocycles. The summed E-state index contributed by atoms with van der Waals surface area (Å²) in [5, 5.41) is 3.86. The van der Waals surface area contributed by atoms with Crippen LogP contribution in [0.25, 0.3) is 0 Å². The zero-order valence-electron chi connectivity index (χ0n) is 11.7. The standard InChI is InChI=1S/C14H14ClF3N2S/c1-7-13(21-9(3)19-7)8(2)20-12-5-4-10(15)6-11(12)14(16,17)18/h4-6,8,20H,1-3H3. The van der Waals surface area contributed by atoms with Gasteiger partial charge in [0.05, 0.1) is 22.3 Å². The Morgan fingerprint density at radius 2 is 1.95 bits per heavy atom. The fourth-order valence-corrected chi connectivity index (χ4v) is 3.23. The first kappa shape index (κ1) is 16.1. The molecule has 114 valence electrons. The molecular weight excluding hydrogens is 321 g/mol. The van der Waals surface area contributed by atoms with Crippen molar-refractivity contribution < 1.29 is 13.2 Å². The van der Waals surface area contributed by atoms with Gasteiger partial charge in [-0.1, -0.05) is 11.6 Å². The molecule has 0 aliphatic rings. The molecule has 1 N–H and O–H groups in total. The van der Waals surface area contributed by atoms with Gasteiger partial charge in [0, 0.05) is 15.6 Å². The van der Waals surface area contributed by atoms with Crippen LogP contribution in [-0.4, -0.2) is 4.98 Å². The summed E-state index contributed by atoms with van der Waals surface area (Å²) < 4.78 is 39.2. The summed E-state index contributed by atoms with van der Waals surface area (Å²) >= 11 is 7.15. The van der Waals surface area contributed by atoms with Crippen LogP contribution in [0.3, 0.4) is 0 Å². The molecule has 1 aromatic carbocycles. The van der Waals surface area contributed by atoms with Crippen LogP contribution in [0.5, 0.6) is 0 Å². The van der Waals surface area contributed by atoms with E-state index in [4.69, 9.17) is 11.6 Å². The van der Waals surface area contributed by atoms with Crippen molar-refractivity contribution in [2.75, 3.05) is 5.32 Å². The second-order valence-corrected chi connectivity index (χ2v) is 6.41. The molecule has 1 unspecified atom stereocenters. The van der Waals surface area contributed by atoms with E-state index in [-0.39, 0.29) is 16.8 Å². The molecule has 0 saturated heterocycles. The number of rotatable bonds is 3. The van der Waals surface area contributed by atoms with E-state index in [1.807, 2.05) is 20.8 Å². The van der Waals surface area contributed by atoms with Gasteiger partial charge in [0.15, 0.2) is 0 Å². The first-order valence-electron chi connectivity index (χ1n) is 6.25. The topological polar surface area (TPSA) is 24.9 Å². The Labute approximate surface area is 130 Å². The summed E-state index contributed by atoms with van der Waals surface area (Å²) in [6, 6.07) is 3.46. The van der Waals surface area contributed by atoms with Crippen molar-refractivity contribution in [2.45, 2.75) is 33.0 Å². The first-order chi connectivity index (χ1) is 9.68. The number of anilines is 1. The minimum Gasteiger partial charge on any atom is -0.377 e. The molecule has 0 bridgehead atoms. The molecule has 0 fully saturated rings. The Morgan fingerprint density at radius 3 is 2.48 bits per heavy atom. The molecule has 21 heavy (non-hydrogen) atoms. The van der Waals surface area contributed by atoms with Gasteiger partial charge in [-0.25, -0.2) is 4.98 Å². The second kappa shape index (κ2) is 5.85. The molecule has 1 atom stereocenters. The number of aryl methyl sites for hydroxylation is 2. The maximum Gasteiger partial charge on any atom is 0.418 e. The molecule has 2 nitrogen and oxygen atoms in total. The van der Waals surface area contributed by atoms with Gasteiger partial charge in [0.2, 0.25) is 0 Å². The highest BCUT2D eigenvalue weighted by atomic mass is 35.5. The Hall–Kier alpha value is -1.27. The van der Waals surface area contributed by atoms with E-state index in [2.05, 4.69) is 10.3 Å². The zero-order valence-corrected chi connectivity index (χ0v) is 13.2. The van der Waals surface area contributed by atoms with Crippen molar-refractivity contribution in [1.82, 2.24) is 4.98 Å². The van der Waals surface area contributed by atoms with Crippen molar-refractivity contribution in [3.63, 3.8) is 0 Å². The average Bonchev–Trinajstić information content (AvgIpc) is 2.69. The van der Waals surface area contributed by atoms with Gasteiger partial charge < -0.3 is 5.32 Å². The van der Waals surface area contributed by atoms with Gasteiger partial charge in [-0.05, 0) is 39.0 Å². The Balaban J connectivity index is 2.33. The Kier molecular flexibility index (Phi) is 4.49. The number of hydrogen-bond donors (Lipinski definition) is 1. The second-order valence-electron chi connectivity index (χ2n) is 4.74. The molecule has 2 aromatic rings. The molecule has 0 radical (unpaired) electrons. The van der Waals surface area contributed by atoms with Crippen LogP contribution in [0.2, 0.25) is 5.02 Å². The predicted molar refractivity (Wildman–Crippen MR) is 80.1 cm³/mol. The smallest absolute Gasteiger partial charge is 0.377 e. The number of halogens is 4. The summed E-state index contributed by atoms with van der Waals surface area (Å²) in [4.78, 5) is 5.22. The largest absolute Gasteiger partial charge is 0.418 e. The van der Waals surface area contributed by atoms with Gasteiger partial charge in [-0.2, -0.15) is 13.2 Å². The van der Waals surface area contributed by atoms with Gasteiger partial charge in [0.25, 0.3) is 0 Å². The maximum atomic E-state index is 13.1. The van der Waals surface area contributed by atoms with Gasteiger partial charge >= 0.3 is 6.18 Å². The molecule has 0 aliphatic carbocycles. The Morgan fingerprint density at radius 1 is 1.29 bits per heavy atom. The van der Waals surface area contributed by atoms with E-state index in [9.17, 15) is 13.2 Å². The number of alkyl halides is 3. The maximum absolute atomic E-state index is 13.1. The fraction of sp³-hybridized carbons (Fsp3) is 0.357.